The maximum Gasteiger partial charge on any atom is 0.351 e. The quantitative estimate of drug-likeness (QED) is 0.0831. The number of carbonyl (C=O) groups is 1. The molecule has 12 nitrogen and oxygen atoms in total. The van der Waals surface area contributed by atoms with Gasteiger partial charge in [0.05, 0.1) is 41.2 Å². The van der Waals surface area contributed by atoms with Crippen molar-refractivity contribution in [2.24, 2.45) is 0 Å². The Balaban J connectivity index is 1.18. The molecule has 2 heterocycles. The van der Waals surface area contributed by atoms with Crippen molar-refractivity contribution in [3.05, 3.63) is 250 Å². The van der Waals surface area contributed by atoms with Gasteiger partial charge in [0.2, 0.25) is 0 Å². The van der Waals surface area contributed by atoms with E-state index in [2.05, 4.69) is 10.3 Å². The number of methoxy groups -OCH3 is 4. The number of nitrogens with one attached hydrogen (secondary N) is 1. The predicted octanol–water partition coefficient (Wildman–Crippen LogP) is 10.2. The summed E-state index contributed by atoms with van der Waals surface area (Å²) in [6.07, 6.45) is -0.616. The van der Waals surface area contributed by atoms with Crippen LogP contribution in [0.5, 0.6) is 23.0 Å². The summed E-state index contributed by atoms with van der Waals surface area (Å²) < 4.78 is 46.2. The molecule has 7 aromatic carbocycles. The average Bonchev–Trinajstić information content (AvgIpc) is 3.83. The molecule has 3 atom stereocenters. The monoisotopic (exact) mass is 935 g/mol. The van der Waals surface area contributed by atoms with Crippen molar-refractivity contribution in [1.29, 1.82) is 0 Å². The van der Waals surface area contributed by atoms with Crippen molar-refractivity contribution >= 4 is 11.7 Å². The number of amides is 1. The first-order valence-electron chi connectivity index (χ1n) is 22.9. The number of aromatic nitrogens is 2. The molecule has 1 saturated heterocycles. The Morgan fingerprint density at radius 1 is 0.557 bits per heavy atom. The van der Waals surface area contributed by atoms with Crippen LogP contribution in [0, 0.1) is 0 Å². The zero-order chi connectivity index (χ0) is 48.5. The third-order valence-corrected chi connectivity index (χ3v) is 12.7. The first-order valence-corrected chi connectivity index (χ1v) is 22.9. The van der Waals surface area contributed by atoms with Gasteiger partial charge in [0.25, 0.3) is 5.91 Å². The van der Waals surface area contributed by atoms with Gasteiger partial charge in [0.15, 0.2) is 0 Å². The van der Waals surface area contributed by atoms with Gasteiger partial charge in [-0.05, 0) is 100 Å². The van der Waals surface area contributed by atoms with Crippen LogP contribution in [-0.2, 0) is 25.4 Å². The van der Waals surface area contributed by atoms with Gasteiger partial charge < -0.3 is 38.5 Å². The van der Waals surface area contributed by atoms with E-state index in [1.807, 2.05) is 164 Å². The van der Waals surface area contributed by atoms with E-state index >= 15 is 0 Å². The second-order valence-electron chi connectivity index (χ2n) is 16.7. The molecule has 70 heavy (non-hydrogen) atoms. The molecule has 0 saturated carbocycles. The van der Waals surface area contributed by atoms with Crippen LogP contribution in [0.4, 0.5) is 5.82 Å². The largest absolute Gasteiger partial charge is 0.497 e. The maximum atomic E-state index is 14.1. The van der Waals surface area contributed by atoms with Crippen molar-refractivity contribution in [1.82, 2.24) is 9.55 Å². The third-order valence-electron chi connectivity index (χ3n) is 12.7. The summed E-state index contributed by atoms with van der Waals surface area (Å²) >= 11 is 0. The Labute approximate surface area is 407 Å². The lowest BCUT2D eigenvalue weighted by Crippen LogP contribution is -2.43. The van der Waals surface area contributed by atoms with Gasteiger partial charge >= 0.3 is 5.69 Å². The highest BCUT2D eigenvalue weighted by atomic mass is 16.6. The number of ether oxygens (including phenoxy) is 7. The zero-order valence-corrected chi connectivity index (χ0v) is 39.3. The molecule has 8 aromatic rings. The fourth-order valence-corrected chi connectivity index (χ4v) is 9.16. The fourth-order valence-electron chi connectivity index (χ4n) is 9.16. The van der Waals surface area contributed by atoms with Crippen molar-refractivity contribution in [2.45, 2.75) is 36.1 Å². The van der Waals surface area contributed by atoms with E-state index in [9.17, 15) is 9.59 Å². The molecule has 1 aliphatic heterocycles. The molecule has 0 spiro atoms. The smallest absolute Gasteiger partial charge is 0.351 e. The van der Waals surface area contributed by atoms with Crippen LogP contribution in [0.15, 0.2) is 205 Å². The summed E-state index contributed by atoms with van der Waals surface area (Å²) in [6.45, 7) is -0.0163. The second-order valence-corrected chi connectivity index (χ2v) is 16.7. The Morgan fingerprint density at radius 3 is 1.39 bits per heavy atom. The lowest BCUT2D eigenvalue weighted by Gasteiger charge is -2.40. The van der Waals surface area contributed by atoms with Crippen LogP contribution in [-0.4, -0.2) is 62.7 Å². The van der Waals surface area contributed by atoms with Gasteiger partial charge in [0, 0.05) is 18.2 Å². The van der Waals surface area contributed by atoms with Crippen LogP contribution in [0.3, 0.4) is 0 Å². The summed E-state index contributed by atoms with van der Waals surface area (Å²) in [5, 5.41) is 2.75. The Bertz CT molecular complexity index is 2930. The number of anilines is 1. The number of hydrogen-bond donors (Lipinski definition) is 1. The number of carbonyl (C=O) groups excluding carboxylic acids is 1. The highest BCUT2D eigenvalue weighted by Gasteiger charge is 2.48. The Morgan fingerprint density at radius 2 is 0.957 bits per heavy atom. The van der Waals surface area contributed by atoms with Crippen molar-refractivity contribution in [3.8, 4) is 23.0 Å². The van der Waals surface area contributed by atoms with E-state index in [-0.39, 0.29) is 18.8 Å². The van der Waals surface area contributed by atoms with E-state index in [0.29, 0.717) is 28.6 Å². The normalized spacial score (nSPS) is 15.7. The minimum absolute atomic E-state index is 0.0163. The molecule has 354 valence electrons. The summed E-state index contributed by atoms with van der Waals surface area (Å²) in [5.74, 6) is 2.46. The van der Waals surface area contributed by atoms with Gasteiger partial charge in [-0.15, -0.1) is 0 Å². The van der Waals surface area contributed by atoms with Crippen LogP contribution in [0.2, 0.25) is 0 Å². The minimum atomic E-state index is -1.25. The minimum Gasteiger partial charge on any atom is -0.497 e. The first kappa shape index (κ1) is 47.1. The third kappa shape index (κ3) is 9.52. The van der Waals surface area contributed by atoms with Crippen LogP contribution in [0.25, 0.3) is 0 Å². The van der Waals surface area contributed by atoms with Crippen molar-refractivity contribution < 1.29 is 38.0 Å². The Hall–Kier alpha value is -8.03. The zero-order valence-electron chi connectivity index (χ0n) is 39.3. The van der Waals surface area contributed by atoms with Gasteiger partial charge in [-0.2, -0.15) is 4.98 Å². The molecule has 1 N–H and O–H groups in total. The summed E-state index contributed by atoms with van der Waals surface area (Å²) in [4.78, 5) is 31.5. The fraction of sp³-hybridized carbons (Fsp3) is 0.190. The topological polar surface area (TPSA) is 129 Å². The van der Waals surface area contributed by atoms with E-state index < -0.39 is 41.2 Å². The van der Waals surface area contributed by atoms with Crippen molar-refractivity contribution in [3.63, 3.8) is 0 Å². The maximum absolute atomic E-state index is 14.1. The second kappa shape index (κ2) is 21.1. The molecular formula is C58H53N3O9. The number of hydrogen-bond acceptors (Lipinski definition) is 10. The predicted molar refractivity (Wildman–Crippen MR) is 267 cm³/mol. The molecule has 0 unspecified atom stereocenters. The molecule has 9 rings (SSSR count). The van der Waals surface area contributed by atoms with Crippen LogP contribution >= 0.6 is 0 Å². The summed E-state index contributed by atoms with van der Waals surface area (Å²) in [7, 11) is 6.54. The molecule has 0 aliphatic carbocycles. The number of rotatable bonds is 18. The van der Waals surface area contributed by atoms with E-state index in [1.165, 1.54) is 4.57 Å². The molecule has 1 aliphatic rings. The van der Waals surface area contributed by atoms with Crippen LogP contribution < -0.4 is 30.0 Å². The first-order chi connectivity index (χ1) is 34.3. The number of benzene rings is 7. The lowest BCUT2D eigenvalue weighted by molar-refractivity contribution is -0.126. The average molecular weight is 936 g/mol. The van der Waals surface area contributed by atoms with Gasteiger partial charge in [0.1, 0.15) is 52.3 Å². The lowest BCUT2D eigenvalue weighted by atomic mass is 9.79. The van der Waals surface area contributed by atoms with Crippen LogP contribution in [0.1, 0.15) is 56.4 Å². The molecule has 12 heteroatoms. The molecule has 0 bridgehead atoms. The molecular weight excluding hydrogens is 883 g/mol. The highest BCUT2D eigenvalue weighted by molar-refractivity contribution is 6.03. The van der Waals surface area contributed by atoms with Gasteiger partial charge in [-0.1, -0.05) is 127 Å². The van der Waals surface area contributed by atoms with E-state index in [4.69, 9.17) is 33.2 Å². The van der Waals surface area contributed by atoms with Gasteiger partial charge in [-0.3, -0.25) is 9.36 Å². The highest BCUT2D eigenvalue weighted by Crippen LogP contribution is 2.47. The molecule has 1 aromatic heterocycles. The van der Waals surface area contributed by atoms with Gasteiger partial charge in [-0.25, -0.2) is 4.79 Å². The summed E-state index contributed by atoms with van der Waals surface area (Å²) in [6, 6.07) is 61.7. The van der Waals surface area contributed by atoms with E-state index in [1.54, 1.807) is 65.0 Å². The standard InChI is InChI=1S/C58H53N3O9/c1-64-47-28-20-43(21-29-47)57(41-16-10-6-11-17-41,44-22-30-48(65-2)31-23-44)68-39-52-51(38-54(69-52)61-37-36-53(60-56(61)63)59-55(62)40-14-8-5-9-15-40)70-58(42-18-12-7-13-19-42,45-24-32-49(66-3)33-25-45)46-26-34-50(67-4)35-27-46/h5-37,51-52,54H,38-39H2,1-4H3,(H,59,60,62,63)/t51-,52+,54+/m0/s1. The molecule has 1 fully saturated rings. The molecule has 0 radical (unpaired) electrons. The van der Waals surface area contributed by atoms with E-state index in [0.717, 1.165) is 33.4 Å². The Kier molecular flexibility index (Phi) is 14.2. The molecule has 1 amide bonds. The van der Waals surface area contributed by atoms with Crippen molar-refractivity contribution in [2.75, 3.05) is 40.4 Å². The number of nitrogens with zero attached hydrogens (tertiary/aromatic N) is 2. The summed E-state index contributed by atoms with van der Waals surface area (Å²) in [5.41, 5.74) is 2.37. The SMILES string of the molecule is COc1ccc(C(OC[C@H]2O[C@@H](n3ccc(NC(=O)c4ccccc4)nc3=O)C[C@@H]2OC(c2ccccc2)(c2ccc(OC)cc2)c2ccc(OC)cc2)(c2ccccc2)c2ccc(OC)cc2)cc1.